The molecule has 2 N–H and O–H groups in total. The number of hydrogen-bond donors (Lipinski definition) is 2. The van der Waals surface area contributed by atoms with E-state index in [9.17, 15) is 0 Å². The summed E-state index contributed by atoms with van der Waals surface area (Å²) in [6.45, 7) is 3.88. The molecule has 0 radical (unpaired) electrons. The molecule has 0 bridgehead atoms. The van der Waals surface area contributed by atoms with Crippen LogP contribution >= 0.6 is 0 Å². The first kappa shape index (κ1) is 12.0. The van der Waals surface area contributed by atoms with Gasteiger partial charge in [0.25, 0.3) is 0 Å². The van der Waals surface area contributed by atoms with Crippen molar-refractivity contribution < 1.29 is 5.11 Å². The lowest BCUT2D eigenvalue weighted by atomic mass is 10.1. The molecule has 0 aromatic heterocycles. The van der Waals surface area contributed by atoms with Crippen LogP contribution in [0.3, 0.4) is 0 Å². The fraction of sp³-hybridized carbons (Fsp3) is 1.00. The Labute approximate surface area is 88.1 Å². The summed E-state index contributed by atoms with van der Waals surface area (Å²) < 4.78 is 0. The molecule has 0 amide bonds. The van der Waals surface area contributed by atoms with E-state index >= 15 is 0 Å². The topological polar surface area (TPSA) is 32.3 Å². The van der Waals surface area contributed by atoms with Crippen LogP contribution in [0.1, 0.15) is 51.9 Å². The van der Waals surface area contributed by atoms with E-state index in [4.69, 9.17) is 5.11 Å². The number of nitrogens with one attached hydrogen (secondary N) is 1. The van der Waals surface area contributed by atoms with Crippen molar-refractivity contribution in [1.29, 1.82) is 0 Å². The Morgan fingerprint density at radius 3 is 2.57 bits per heavy atom. The maximum Gasteiger partial charge on any atom is 0.0431 e. The van der Waals surface area contributed by atoms with Gasteiger partial charge in [0.2, 0.25) is 0 Å². The zero-order chi connectivity index (χ0) is 10.2. The van der Waals surface area contributed by atoms with Crippen molar-refractivity contribution in [2.24, 2.45) is 5.92 Å². The van der Waals surface area contributed by atoms with Gasteiger partial charge in [-0.2, -0.15) is 0 Å². The van der Waals surface area contributed by atoms with Gasteiger partial charge in [-0.05, 0) is 38.1 Å². The minimum atomic E-state index is 0.354. The van der Waals surface area contributed by atoms with Crippen LogP contribution in [-0.2, 0) is 0 Å². The van der Waals surface area contributed by atoms with Gasteiger partial charge in [0.1, 0.15) is 0 Å². The maximum atomic E-state index is 8.61. The van der Waals surface area contributed by atoms with Crippen LogP contribution in [0.5, 0.6) is 0 Å². The average molecular weight is 199 g/mol. The molecule has 14 heavy (non-hydrogen) atoms. The Hall–Kier alpha value is -0.0800. The third-order valence-corrected chi connectivity index (χ3v) is 3.35. The number of rotatable bonds is 7. The van der Waals surface area contributed by atoms with E-state index in [1.165, 1.54) is 45.1 Å². The van der Waals surface area contributed by atoms with Gasteiger partial charge in [0.15, 0.2) is 0 Å². The van der Waals surface area contributed by atoms with Gasteiger partial charge in [-0.15, -0.1) is 0 Å². The molecular weight excluding hydrogens is 174 g/mol. The van der Waals surface area contributed by atoms with E-state index in [0.29, 0.717) is 6.61 Å². The Morgan fingerprint density at radius 1 is 1.14 bits per heavy atom. The molecule has 1 rings (SSSR count). The van der Waals surface area contributed by atoms with Crippen LogP contribution in [0, 0.1) is 5.92 Å². The van der Waals surface area contributed by atoms with Gasteiger partial charge in [0.05, 0.1) is 0 Å². The van der Waals surface area contributed by atoms with E-state index in [-0.39, 0.29) is 0 Å². The zero-order valence-corrected chi connectivity index (χ0v) is 9.47. The molecule has 2 nitrogen and oxygen atoms in total. The minimum Gasteiger partial charge on any atom is -0.396 e. The van der Waals surface area contributed by atoms with Crippen molar-refractivity contribution in [3.05, 3.63) is 0 Å². The van der Waals surface area contributed by atoms with Crippen LogP contribution in [-0.4, -0.2) is 24.3 Å². The van der Waals surface area contributed by atoms with Crippen LogP contribution in [0.2, 0.25) is 0 Å². The molecular formula is C12H25NO. The van der Waals surface area contributed by atoms with E-state index in [1.807, 2.05) is 0 Å². The maximum absolute atomic E-state index is 8.61. The molecule has 2 heteroatoms. The highest BCUT2D eigenvalue weighted by Crippen LogP contribution is 2.24. The summed E-state index contributed by atoms with van der Waals surface area (Å²) in [5, 5.41) is 12.3. The largest absolute Gasteiger partial charge is 0.396 e. The van der Waals surface area contributed by atoms with E-state index in [2.05, 4.69) is 12.2 Å². The van der Waals surface area contributed by atoms with E-state index in [0.717, 1.165) is 18.4 Å². The second-order valence-corrected chi connectivity index (χ2v) is 4.61. The predicted octanol–water partition coefficient (Wildman–Crippen LogP) is 2.32. The van der Waals surface area contributed by atoms with Gasteiger partial charge in [0, 0.05) is 12.6 Å². The van der Waals surface area contributed by atoms with Crippen LogP contribution in [0.4, 0.5) is 0 Å². The lowest BCUT2D eigenvalue weighted by Crippen LogP contribution is -2.31. The molecule has 0 heterocycles. The number of unbranched alkanes of at least 4 members (excludes halogenated alkanes) is 3. The predicted molar refractivity (Wildman–Crippen MR) is 60.4 cm³/mol. The average Bonchev–Trinajstić information content (AvgIpc) is 2.58. The third-order valence-electron chi connectivity index (χ3n) is 3.35. The monoisotopic (exact) mass is 199 g/mol. The first-order valence-corrected chi connectivity index (χ1v) is 6.19. The summed E-state index contributed by atoms with van der Waals surface area (Å²) in [6, 6.07) is 0.785. The Kier molecular flexibility index (Phi) is 6.20. The quantitative estimate of drug-likeness (QED) is 0.617. The molecule has 1 aliphatic carbocycles. The fourth-order valence-electron chi connectivity index (χ4n) is 2.33. The minimum absolute atomic E-state index is 0.354. The first-order chi connectivity index (χ1) is 6.84. The SMILES string of the molecule is CC1CCCC1NCCCCCCO. The lowest BCUT2D eigenvalue weighted by Gasteiger charge is -2.16. The second-order valence-electron chi connectivity index (χ2n) is 4.61. The highest BCUT2D eigenvalue weighted by Gasteiger charge is 2.21. The molecule has 2 unspecified atom stereocenters. The molecule has 1 aliphatic rings. The number of hydrogen-bond acceptors (Lipinski definition) is 2. The van der Waals surface area contributed by atoms with Gasteiger partial charge >= 0.3 is 0 Å². The lowest BCUT2D eigenvalue weighted by molar-refractivity contribution is 0.282. The van der Waals surface area contributed by atoms with Gasteiger partial charge in [-0.1, -0.05) is 26.2 Å². The standard InChI is InChI=1S/C12H25NO/c1-11-7-6-8-12(11)13-9-4-2-3-5-10-14/h11-14H,2-10H2,1H3. The molecule has 0 spiro atoms. The van der Waals surface area contributed by atoms with E-state index in [1.54, 1.807) is 0 Å². The summed E-state index contributed by atoms with van der Waals surface area (Å²) in [5.74, 6) is 0.882. The Balaban J connectivity index is 1.88. The van der Waals surface area contributed by atoms with Crippen LogP contribution in [0.15, 0.2) is 0 Å². The van der Waals surface area contributed by atoms with Crippen LogP contribution in [0.25, 0.3) is 0 Å². The number of aliphatic hydroxyl groups is 1. The highest BCUT2D eigenvalue weighted by atomic mass is 16.2. The molecule has 1 fully saturated rings. The summed E-state index contributed by atoms with van der Waals surface area (Å²) in [7, 11) is 0. The van der Waals surface area contributed by atoms with Crippen molar-refractivity contribution in [3.63, 3.8) is 0 Å². The zero-order valence-electron chi connectivity index (χ0n) is 9.47. The molecule has 84 valence electrons. The van der Waals surface area contributed by atoms with Crippen molar-refractivity contribution in [1.82, 2.24) is 5.32 Å². The normalized spacial score (nSPS) is 27.0. The molecule has 0 saturated heterocycles. The van der Waals surface area contributed by atoms with Crippen molar-refractivity contribution >= 4 is 0 Å². The van der Waals surface area contributed by atoms with Gasteiger partial charge in [-0.3, -0.25) is 0 Å². The Morgan fingerprint density at radius 2 is 1.93 bits per heavy atom. The third kappa shape index (κ3) is 4.43. The summed E-state index contributed by atoms with van der Waals surface area (Å²) >= 11 is 0. The summed E-state index contributed by atoms with van der Waals surface area (Å²) in [6.07, 6.45) is 8.86. The smallest absolute Gasteiger partial charge is 0.0431 e. The molecule has 0 aliphatic heterocycles. The fourth-order valence-corrected chi connectivity index (χ4v) is 2.33. The van der Waals surface area contributed by atoms with Gasteiger partial charge < -0.3 is 10.4 Å². The molecule has 0 aromatic carbocycles. The van der Waals surface area contributed by atoms with Crippen molar-refractivity contribution in [2.45, 2.75) is 57.9 Å². The molecule has 0 aromatic rings. The molecule has 2 atom stereocenters. The number of aliphatic hydroxyl groups excluding tert-OH is 1. The highest BCUT2D eigenvalue weighted by molar-refractivity contribution is 4.79. The van der Waals surface area contributed by atoms with E-state index < -0.39 is 0 Å². The summed E-state index contributed by atoms with van der Waals surface area (Å²) in [4.78, 5) is 0. The Bertz CT molecular complexity index is 138. The van der Waals surface area contributed by atoms with Crippen molar-refractivity contribution in [2.75, 3.05) is 13.2 Å². The van der Waals surface area contributed by atoms with Crippen molar-refractivity contribution in [3.8, 4) is 0 Å². The second kappa shape index (κ2) is 7.24. The van der Waals surface area contributed by atoms with Gasteiger partial charge in [-0.25, -0.2) is 0 Å². The molecule has 1 saturated carbocycles. The first-order valence-electron chi connectivity index (χ1n) is 6.19. The summed E-state index contributed by atoms with van der Waals surface area (Å²) in [5.41, 5.74) is 0. The van der Waals surface area contributed by atoms with Crippen LogP contribution < -0.4 is 5.32 Å².